The number of aliphatic hydroxyl groups is 3. The summed E-state index contributed by atoms with van der Waals surface area (Å²) < 4.78 is 4.42. The van der Waals surface area contributed by atoms with Gasteiger partial charge in [0, 0.05) is 6.20 Å². The Hall–Kier alpha value is -0.520. The van der Waals surface area contributed by atoms with Crippen molar-refractivity contribution < 1.29 is 20.1 Å². The summed E-state index contributed by atoms with van der Waals surface area (Å²) in [5.41, 5.74) is -1.47. The predicted octanol–water partition coefficient (Wildman–Crippen LogP) is -1.58. The Balaban J connectivity index is 2.55. The molecule has 4 atom stereocenters. The van der Waals surface area contributed by atoms with Gasteiger partial charge < -0.3 is 20.1 Å². The van der Waals surface area contributed by atoms with E-state index in [1.807, 2.05) is 4.98 Å². The highest BCUT2D eigenvalue weighted by molar-refractivity contribution is 9.10. The molecule has 1 aliphatic heterocycles. The van der Waals surface area contributed by atoms with Gasteiger partial charge in [-0.05, 0) is 31.9 Å². The molecule has 0 unspecified atom stereocenters. The summed E-state index contributed by atoms with van der Waals surface area (Å²) in [5, 5.41) is 28.7. The Morgan fingerprint density at radius 1 is 1.47 bits per heavy atom. The van der Waals surface area contributed by atoms with Gasteiger partial charge >= 0.3 is 5.69 Å². The highest BCUT2D eigenvalue weighted by Gasteiger charge is 2.54. The lowest BCUT2D eigenvalue weighted by atomic mass is 10.1. The summed E-state index contributed by atoms with van der Waals surface area (Å²) in [4.78, 5) is 25.0. The molecule has 0 radical (unpaired) electrons. The van der Waals surface area contributed by atoms with Crippen LogP contribution < -0.4 is 11.2 Å². The SMILES string of the molecule is O=c1[nH]c(=O)n([C@]2(Br)O[C@H](CO)[C@@H](O)[C@H]2O)cc1Br. The quantitative estimate of drug-likeness (QED) is 0.443. The normalized spacial score (nSPS) is 34.7. The van der Waals surface area contributed by atoms with E-state index >= 15 is 0 Å². The average Bonchev–Trinajstić information content (AvgIpc) is 2.59. The number of ether oxygens (including phenoxy) is 1. The van der Waals surface area contributed by atoms with E-state index in [0.717, 1.165) is 10.8 Å². The van der Waals surface area contributed by atoms with E-state index in [2.05, 4.69) is 31.9 Å². The number of aromatic nitrogens is 2. The topological polar surface area (TPSA) is 125 Å². The Morgan fingerprint density at radius 2 is 2.11 bits per heavy atom. The van der Waals surface area contributed by atoms with Crippen molar-refractivity contribution in [2.24, 2.45) is 0 Å². The summed E-state index contributed by atoms with van der Waals surface area (Å²) in [7, 11) is 0. The smallest absolute Gasteiger partial charge is 0.331 e. The number of aromatic amines is 1. The van der Waals surface area contributed by atoms with Crippen LogP contribution in [0.3, 0.4) is 0 Å². The largest absolute Gasteiger partial charge is 0.394 e. The number of alkyl halides is 1. The van der Waals surface area contributed by atoms with Gasteiger partial charge in [0.15, 0.2) is 0 Å². The third-order valence-electron chi connectivity index (χ3n) is 2.79. The lowest BCUT2D eigenvalue weighted by Crippen LogP contribution is -2.47. The summed E-state index contributed by atoms with van der Waals surface area (Å²) in [6, 6.07) is 0. The van der Waals surface area contributed by atoms with E-state index in [4.69, 9.17) is 9.84 Å². The molecular weight excluding hydrogens is 392 g/mol. The molecular formula is C9H10Br2N2O6. The van der Waals surface area contributed by atoms with Gasteiger partial charge in [0.1, 0.15) is 18.3 Å². The third-order valence-corrected chi connectivity index (χ3v) is 4.40. The highest BCUT2D eigenvalue weighted by atomic mass is 79.9. The molecule has 0 aliphatic carbocycles. The zero-order valence-electron chi connectivity index (χ0n) is 9.29. The van der Waals surface area contributed by atoms with E-state index in [0.29, 0.717) is 0 Å². The summed E-state index contributed by atoms with van der Waals surface area (Å²) in [6.45, 7) is -0.537. The standard InChI is InChI=1S/C9H10Br2N2O6/c10-3-1-13(8(18)12-7(3)17)9(11)6(16)5(15)4(2-14)19-9/h1,4-6,14-16H,2H2,(H,12,17,18)/t4-,5-,6-,9+/m1/s1. The van der Waals surface area contributed by atoms with Crippen molar-refractivity contribution in [2.45, 2.75) is 22.9 Å². The number of nitrogens with one attached hydrogen (secondary N) is 1. The fraction of sp³-hybridized carbons (Fsp3) is 0.556. The first-order valence-corrected chi connectivity index (χ1v) is 6.75. The Bertz CT molecular complexity index is 601. The van der Waals surface area contributed by atoms with Gasteiger partial charge in [-0.3, -0.25) is 14.3 Å². The molecule has 0 amide bonds. The summed E-state index contributed by atoms with van der Waals surface area (Å²) in [5.74, 6) is 0. The molecule has 10 heteroatoms. The van der Waals surface area contributed by atoms with Crippen molar-refractivity contribution in [3.8, 4) is 0 Å². The second-order valence-electron chi connectivity index (χ2n) is 3.99. The molecule has 1 aromatic rings. The van der Waals surface area contributed by atoms with Crippen molar-refractivity contribution in [3.05, 3.63) is 31.5 Å². The number of halogens is 2. The van der Waals surface area contributed by atoms with E-state index in [9.17, 15) is 19.8 Å². The molecule has 4 N–H and O–H groups in total. The first-order chi connectivity index (χ1) is 8.81. The van der Waals surface area contributed by atoms with Gasteiger partial charge in [0.05, 0.1) is 11.1 Å². The van der Waals surface area contributed by atoms with Gasteiger partial charge in [-0.2, -0.15) is 0 Å². The molecule has 8 nitrogen and oxygen atoms in total. The van der Waals surface area contributed by atoms with Gasteiger partial charge in [-0.25, -0.2) is 4.79 Å². The summed E-state index contributed by atoms with van der Waals surface area (Å²) in [6.07, 6.45) is -2.85. The van der Waals surface area contributed by atoms with Gasteiger partial charge in [0.2, 0.25) is 4.63 Å². The van der Waals surface area contributed by atoms with E-state index in [-0.39, 0.29) is 4.47 Å². The van der Waals surface area contributed by atoms with Crippen LogP contribution in [0.2, 0.25) is 0 Å². The Labute approximate surface area is 122 Å². The number of nitrogens with zero attached hydrogens (tertiary/aromatic N) is 1. The average molecular weight is 402 g/mol. The minimum Gasteiger partial charge on any atom is -0.394 e. The zero-order valence-corrected chi connectivity index (χ0v) is 12.5. The van der Waals surface area contributed by atoms with E-state index in [1.165, 1.54) is 0 Å². The van der Waals surface area contributed by atoms with E-state index in [1.54, 1.807) is 0 Å². The van der Waals surface area contributed by atoms with Crippen molar-refractivity contribution in [1.82, 2.24) is 9.55 Å². The first kappa shape index (κ1) is 14.9. The van der Waals surface area contributed by atoms with Gasteiger partial charge in [-0.1, -0.05) is 0 Å². The highest BCUT2D eigenvalue weighted by Crippen LogP contribution is 2.39. The second-order valence-corrected chi connectivity index (χ2v) is 5.98. The fourth-order valence-corrected chi connectivity index (χ4v) is 2.86. The maximum atomic E-state index is 11.8. The zero-order chi connectivity index (χ0) is 14.4. The molecule has 106 valence electrons. The van der Waals surface area contributed by atoms with Crippen LogP contribution in [0.4, 0.5) is 0 Å². The van der Waals surface area contributed by atoms with E-state index < -0.39 is 40.8 Å². The minimum atomic E-state index is -1.77. The van der Waals surface area contributed by atoms with Crippen molar-refractivity contribution in [3.63, 3.8) is 0 Å². The van der Waals surface area contributed by atoms with Crippen LogP contribution >= 0.6 is 31.9 Å². The molecule has 1 saturated heterocycles. The van der Waals surface area contributed by atoms with Crippen LogP contribution in [-0.4, -0.2) is 49.8 Å². The molecule has 1 aliphatic rings. The predicted molar refractivity (Wildman–Crippen MR) is 69.9 cm³/mol. The number of aliphatic hydroxyl groups excluding tert-OH is 3. The van der Waals surface area contributed by atoms with Crippen LogP contribution in [0, 0.1) is 0 Å². The van der Waals surface area contributed by atoms with Crippen LogP contribution in [-0.2, 0) is 9.37 Å². The van der Waals surface area contributed by atoms with Gasteiger partial charge in [0.25, 0.3) is 5.56 Å². The van der Waals surface area contributed by atoms with Crippen molar-refractivity contribution in [2.75, 3.05) is 6.61 Å². The molecule has 2 rings (SSSR count). The molecule has 1 aromatic heterocycles. The Kier molecular flexibility index (Phi) is 4.00. The minimum absolute atomic E-state index is 0.0451. The summed E-state index contributed by atoms with van der Waals surface area (Å²) >= 11 is 5.97. The molecule has 19 heavy (non-hydrogen) atoms. The number of hydrogen-bond acceptors (Lipinski definition) is 6. The number of hydrogen-bond donors (Lipinski definition) is 4. The molecule has 0 saturated carbocycles. The number of H-pyrrole nitrogens is 1. The molecule has 2 heterocycles. The van der Waals surface area contributed by atoms with Crippen LogP contribution in [0.5, 0.6) is 0 Å². The van der Waals surface area contributed by atoms with Crippen molar-refractivity contribution >= 4 is 31.9 Å². The molecule has 1 fully saturated rings. The molecule has 0 spiro atoms. The second kappa shape index (κ2) is 5.11. The van der Waals surface area contributed by atoms with Crippen LogP contribution in [0.15, 0.2) is 20.3 Å². The molecule has 0 aromatic carbocycles. The number of rotatable bonds is 2. The fourth-order valence-electron chi connectivity index (χ4n) is 1.78. The maximum absolute atomic E-state index is 11.8. The van der Waals surface area contributed by atoms with Crippen LogP contribution in [0.25, 0.3) is 0 Å². The third kappa shape index (κ3) is 2.32. The van der Waals surface area contributed by atoms with Gasteiger partial charge in [-0.15, -0.1) is 0 Å². The lowest BCUT2D eigenvalue weighted by Gasteiger charge is -2.27. The molecule has 0 bridgehead atoms. The lowest BCUT2D eigenvalue weighted by molar-refractivity contribution is -0.0767. The Morgan fingerprint density at radius 3 is 2.63 bits per heavy atom. The maximum Gasteiger partial charge on any atom is 0.331 e. The van der Waals surface area contributed by atoms with Crippen LogP contribution in [0.1, 0.15) is 0 Å². The first-order valence-electron chi connectivity index (χ1n) is 5.17. The monoisotopic (exact) mass is 400 g/mol. The van der Waals surface area contributed by atoms with Crippen molar-refractivity contribution in [1.29, 1.82) is 0 Å².